The Labute approximate surface area is 343 Å². The summed E-state index contributed by atoms with van der Waals surface area (Å²) in [6, 6.07) is 24.7. The largest absolute Gasteiger partial charge is 0.397 e. The van der Waals surface area contributed by atoms with E-state index in [1.165, 1.54) is 4.90 Å². The van der Waals surface area contributed by atoms with Crippen LogP contribution in [0.3, 0.4) is 0 Å². The molecule has 3 aromatic rings. The Balaban J connectivity index is 1.28. The first-order chi connectivity index (χ1) is 27.1. The van der Waals surface area contributed by atoms with E-state index in [2.05, 4.69) is 61.0 Å². The normalized spacial score (nSPS) is 22.9. The van der Waals surface area contributed by atoms with Gasteiger partial charge in [0.2, 0.25) is 23.6 Å². The summed E-state index contributed by atoms with van der Waals surface area (Å²) in [5, 5.41) is 11.2. The number of nitrogens with zero attached hydrogens (tertiary/aromatic N) is 1. The summed E-state index contributed by atoms with van der Waals surface area (Å²) < 4.78 is 6.97. The molecule has 2 fully saturated rings. The fourth-order valence-electron chi connectivity index (χ4n) is 7.87. The quantitative estimate of drug-likeness (QED) is 0.120. The number of ketones is 1. The molecule has 304 valence electrons. The number of halogens is 1. The van der Waals surface area contributed by atoms with E-state index in [0.717, 1.165) is 15.9 Å². The molecule has 2 aliphatic rings. The lowest BCUT2D eigenvalue weighted by atomic mass is 9.94. The average molecular weight is 814 g/mol. The first kappa shape index (κ1) is 43.5. The van der Waals surface area contributed by atoms with Gasteiger partial charge in [0, 0.05) is 18.0 Å². The number of hydrogen-bond donors (Lipinski definition) is 3. The van der Waals surface area contributed by atoms with Crippen molar-refractivity contribution in [1.82, 2.24) is 20.9 Å². The van der Waals surface area contributed by atoms with Crippen molar-refractivity contribution in [2.45, 2.75) is 121 Å². The van der Waals surface area contributed by atoms with Gasteiger partial charge < -0.3 is 25.3 Å². The highest BCUT2D eigenvalue weighted by Gasteiger charge is 2.51. The maximum atomic E-state index is 14.0. The van der Waals surface area contributed by atoms with Gasteiger partial charge in [-0.05, 0) is 91.6 Å². The van der Waals surface area contributed by atoms with Gasteiger partial charge >= 0.3 is 0 Å². The second-order valence-electron chi connectivity index (χ2n) is 16.4. The maximum absolute atomic E-state index is 14.0. The Kier molecular flexibility index (Phi) is 14.3. The Bertz CT molecular complexity index is 1880. The van der Waals surface area contributed by atoms with Crippen LogP contribution in [0.25, 0.3) is 0 Å². The highest BCUT2D eigenvalue weighted by molar-refractivity contribution is 6.99. The summed E-state index contributed by atoms with van der Waals surface area (Å²) in [7, 11) is -2.94. The zero-order valence-electron chi connectivity index (χ0n) is 34.0. The molecule has 4 amide bonds. The topological polar surface area (TPSA) is 134 Å². The minimum atomic E-state index is -2.94. The summed E-state index contributed by atoms with van der Waals surface area (Å²) in [5.41, 5.74) is -0.556. The van der Waals surface area contributed by atoms with Crippen molar-refractivity contribution in [2.24, 2.45) is 0 Å². The molecule has 0 aromatic heterocycles. The lowest BCUT2D eigenvalue weighted by Crippen LogP contribution is -2.68. The average Bonchev–Trinajstić information content (AvgIpc) is 3.69. The highest BCUT2D eigenvalue weighted by Crippen LogP contribution is 2.37. The highest BCUT2D eigenvalue weighted by atomic mass is 35.5. The lowest BCUT2D eigenvalue weighted by molar-refractivity contribution is -0.144. The molecule has 12 heteroatoms. The van der Waals surface area contributed by atoms with E-state index in [9.17, 15) is 24.0 Å². The molecule has 3 N–H and O–H groups in total. The molecular weight excluding hydrogens is 756 g/mol. The Morgan fingerprint density at radius 3 is 2.12 bits per heavy atom. The van der Waals surface area contributed by atoms with Crippen LogP contribution in [0.15, 0.2) is 97.1 Å². The van der Waals surface area contributed by atoms with Crippen molar-refractivity contribution >= 4 is 59.7 Å². The van der Waals surface area contributed by atoms with Crippen molar-refractivity contribution in [2.75, 3.05) is 6.54 Å². The molecule has 3 aromatic carbocycles. The van der Waals surface area contributed by atoms with Gasteiger partial charge in [-0.3, -0.25) is 24.0 Å². The van der Waals surface area contributed by atoms with E-state index >= 15 is 0 Å². The van der Waals surface area contributed by atoms with Gasteiger partial charge in [-0.1, -0.05) is 118 Å². The van der Waals surface area contributed by atoms with Crippen LogP contribution in [0.1, 0.15) is 85.6 Å². The number of carbonyl (C=O) groups excluding carboxylic acids is 5. The molecule has 0 radical (unpaired) electrons. The molecule has 2 aliphatic heterocycles. The van der Waals surface area contributed by atoms with E-state index in [0.29, 0.717) is 37.3 Å². The molecule has 2 heterocycles. The molecule has 0 spiro atoms. The molecule has 0 aliphatic carbocycles. The van der Waals surface area contributed by atoms with Crippen LogP contribution in [0.4, 0.5) is 0 Å². The summed E-state index contributed by atoms with van der Waals surface area (Å²) in [6.45, 7) is 12.1. The van der Waals surface area contributed by atoms with E-state index in [4.69, 9.17) is 16.0 Å². The third-order valence-electron chi connectivity index (χ3n) is 11.4. The summed E-state index contributed by atoms with van der Waals surface area (Å²) in [6.07, 6.45) is 5.30. The van der Waals surface area contributed by atoms with Crippen molar-refractivity contribution in [3.05, 3.63) is 108 Å². The van der Waals surface area contributed by atoms with Crippen molar-refractivity contribution in [3.63, 3.8) is 0 Å². The number of unbranched alkanes of at least 4 members (excludes halogenated alkanes) is 1. The molecule has 10 nitrogen and oxygen atoms in total. The van der Waals surface area contributed by atoms with Crippen LogP contribution in [0.5, 0.6) is 0 Å². The van der Waals surface area contributed by atoms with Crippen LogP contribution in [0, 0.1) is 0 Å². The molecule has 0 bridgehead atoms. The Morgan fingerprint density at radius 1 is 0.930 bits per heavy atom. The zero-order valence-corrected chi connectivity index (χ0v) is 35.7. The minimum absolute atomic E-state index is 0.162. The molecule has 0 saturated carbocycles. The third-order valence-corrected chi connectivity index (χ3v) is 16.7. The SMILES string of the molecule is CC[C@]1(C)NC(=O)[C@H](CCC/C=C/C(=O)[C@@H](C)O[Si](c2ccccc2)(c2ccccc2)C(C)(C)C)NC(=O)[C@H]2CCCN2C(=O)[C@H](Cc2ccc(Cl)cc2)NC1=O. The monoisotopic (exact) mass is 812 g/mol. The molecule has 57 heavy (non-hydrogen) atoms. The van der Waals surface area contributed by atoms with Crippen LogP contribution in [-0.2, 0) is 34.8 Å². The molecule has 5 atom stereocenters. The predicted molar refractivity (Wildman–Crippen MR) is 227 cm³/mol. The fourth-order valence-corrected chi connectivity index (χ4v) is 12.7. The number of fused-ring (bicyclic) bond motifs is 1. The predicted octanol–water partition coefficient (Wildman–Crippen LogP) is 5.40. The van der Waals surface area contributed by atoms with Gasteiger partial charge in [0.25, 0.3) is 8.32 Å². The standard InChI is InChI=1S/C45H57ClN4O6Si/c1-7-45(6)43(55)48-37(30-32-25-27-33(46)28-26-32)42(54)50-29-17-23-38(50)41(53)47-36(40(52)49-45)22-15-10-16-24-39(51)31(2)56-57(44(3,4)5,34-18-11-8-12-19-34)35-20-13-9-14-21-35/h8-9,11-14,16,18-21,24-28,31,36-38H,7,10,15,17,22-23,29-30H2,1-6H3,(H,47,53)(H,48,55)(H,49,52)/b24-16+/t31-,36+,37+,38-,45+/m1/s1. The van der Waals surface area contributed by atoms with Gasteiger partial charge in [0.1, 0.15) is 29.8 Å². The van der Waals surface area contributed by atoms with Crippen molar-refractivity contribution < 1.29 is 28.4 Å². The maximum Gasteiger partial charge on any atom is 0.262 e. The lowest BCUT2D eigenvalue weighted by Gasteiger charge is -2.44. The molecule has 0 unspecified atom stereocenters. The molecule has 5 rings (SSSR count). The van der Waals surface area contributed by atoms with E-state index in [-0.39, 0.29) is 36.0 Å². The summed E-state index contributed by atoms with van der Waals surface area (Å²) >= 11 is 6.09. The minimum Gasteiger partial charge on any atom is -0.397 e. The number of amides is 4. The van der Waals surface area contributed by atoms with Gasteiger partial charge in [-0.15, -0.1) is 0 Å². The Morgan fingerprint density at radius 2 is 1.54 bits per heavy atom. The second-order valence-corrected chi connectivity index (χ2v) is 21.1. The van der Waals surface area contributed by atoms with E-state index < -0.39 is 55.8 Å². The van der Waals surface area contributed by atoms with E-state index in [1.54, 1.807) is 57.2 Å². The number of nitrogens with one attached hydrogen (secondary N) is 3. The number of hydrogen-bond acceptors (Lipinski definition) is 6. The van der Waals surface area contributed by atoms with Crippen molar-refractivity contribution in [1.29, 1.82) is 0 Å². The van der Waals surface area contributed by atoms with Gasteiger partial charge in [0.05, 0.1) is 0 Å². The van der Waals surface area contributed by atoms with Crippen molar-refractivity contribution in [3.8, 4) is 0 Å². The number of carbonyl (C=O) groups is 5. The first-order valence-corrected chi connectivity index (χ1v) is 22.4. The third kappa shape index (κ3) is 10.1. The van der Waals surface area contributed by atoms with Gasteiger partial charge in [-0.25, -0.2) is 0 Å². The Hall–Kier alpha value is -4.58. The van der Waals surface area contributed by atoms with Crippen LogP contribution >= 0.6 is 11.6 Å². The van der Waals surface area contributed by atoms with Crippen LogP contribution in [0.2, 0.25) is 10.1 Å². The van der Waals surface area contributed by atoms with Gasteiger partial charge in [-0.2, -0.15) is 0 Å². The van der Waals surface area contributed by atoms with Gasteiger partial charge in [0.15, 0.2) is 5.78 Å². The zero-order chi connectivity index (χ0) is 41.4. The smallest absolute Gasteiger partial charge is 0.262 e. The number of benzene rings is 3. The van der Waals surface area contributed by atoms with E-state index in [1.807, 2.05) is 36.4 Å². The van der Waals surface area contributed by atoms with Crippen LogP contribution in [-0.4, -0.2) is 78.9 Å². The molecule has 2 saturated heterocycles. The summed E-state index contributed by atoms with van der Waals surface area (Å²) in [5.74, 6) is -1.88. The first-order valence-electron chi connectivity index (χ1n) is 20.1. The number of rotatable bonds is 13. The van der Waals surface area contributed by atoms with Crippen LogP contribution < -0.4 is 26.3 Å². The second kappa shape index (κ2) is 18.8. The fraction of sp³-hybridized carbons (Fsp3) is 0.444. The molecular formula is C45H57ClN4O6Si. The number of allylic oxidation sites excluding steroid dienone is 1. The summed E-state index contributed by atoms with van der Waals surface area (Å²) in [4.78, 5) is 70.7.